The lowest BCUT2D eigenvalue weighted by Crippen LogP contribution is -2.28. The summed E-state index contributed by atoms with van der Waals surface area (Å²) >= 11 is 0. The molecule has 176 valence electrons. The van der Waals surface area contributed by atoms with Crippen LogP contribution in [0.3, 0.4) is 0 Å². The maximum atomic E-state index is 12.9. The van der Waals surface area contributed by atoms with Crippen molar-refractivity contribution in [1.29, 1.82) is 0 Å². The predicted octanol–water partition coefficient (Wildman–Crippen LogP) is 2.92. The van der Waals surface area contributed by atoms with E-state index in [9.17, 15) is 4.79 Å². The third-order valence-electron chi connectivity index (χ3n) is 6.25. The number of aliphatic hydroxyl groups is 1. The standard InChI is InChI=1S/C26H29N5O3/c1-31(16-19(33)13-17-5-8-22(28-15-17)18-6-7-18)26-21-3-2-4-23(21)29-25(30-26)24-14-20(9-10-27-24)34-12-11-32/h5,8-10,14-15,18,32H,2-4,6-7,11-13,16H2,1H3. The molecule has 2 aliphatic rings. The fraction of sp³-hybridized carbons (Fsp3) is 0.423. The van der Waals surface area contributed by atoms with Gasteiger partial charge in [-0.2, -0.15) is 0 Å². The molecule has 2 aliphatic carbocycles. The SMILES string of the molecule is CN(CC(=O)Cc1ccc(C2CC2)nc1)c1nc(-c2cc(OCCO)ccn2)nc2c1CCC2. The highest BCUT2D eigenvalue weighted by molar-refractivity contribution is 5.85. The number of Topliss-reactive ketones (excluding diaryl/α,β-unsaturated/α-hetero) is 1. The van der Waals surface area contributed by atoms with Crippen LogP contribution in [-0.2, 0) is 24.1 Å². The second-order valence-corrected chi connectivity index (χ2v) is 9.04. The number of ketones is 1. The van der Waals surface area contributed by atoms with Gasteiger partial charge in [0.25, 0.3) is 0 Å². The first-order valence-corrected chi connectivity index (χ1v) is 11.9. The van der Waals surface area contributed by atoms with E-state index in [1.807, 2.05) is 24.2 Å². The topological polar surface area (TPSA) is 101 Å². The van der Waals surface area contributed by atoms with Gasteiger partial charge in [-0.15, -0.1) is 0 Å². The average Bonchev–Trinajstić information content (AvgIpc) is 3.59. The van der Waals surface area contributed by atoms with Crippen molar-refractivity contribution in [1.82, 2.24) is 19.9 Å². The van der Waals surface area contributed by atoms with Crippen molar-refractivity contribution in [2.24, 2.45) is 0 Å². The number of likely N-dealkylation sites (N-methyl/N-ethyl adjacent to an activating group) is 1. The van der Waals surface area contributed by atoms with E-state index < -0.39 is 0 Å². The molecule has 8 heteroatoms. The van der Waals surface area contributed by atoms with Crippen LogP contribution < -0.4 is 9.64 Å². The number of nitrogens with zero attached hydrogens (tertiary/aromatic N) is 5. The van der Waals surface area contributed by atoms with E-state index in [-0.39, 0.29) is 25.5 Å². The molecule has 1 fully saturated rings. The molecular weight excluding hydrogens is 430 g/mol. The van der Waals surface area contributed by atoms with Gasteiger partial charge in [-0.05, 0) is 49.8 Å². The summed E-state index contributed by atoms with van der Waals surface area (Å²) in [4.78, 5) is 33.3. The zero-order valence-corrected chi connectivity index (χ0v) is 19.4. The fourth-order valence-corrected chi connectivity index (χ4v) is 4.41. The van der Waals surface area contributed by atoms with Gasteiger partial charge in [0, 0.05) is 54.8 Å². The number of carbonyl (C=O) groups is 1. The number of aryl methyl sites for hydroxylation is 1. The smallest absolute Gasteiger partial charge is 0.180 e. The number of ether oxygens (including phenoxy) is 1. The Balaban J connectivity index is 1.33. The molecular formula is C26H29N5O3. The summed E-state index contributed by atoms with van der Waals surface area (Å²) in [7, 11) is 1.91. The first kappa shape index (κ1) is 22.4. The summed E-state index contributed by atoms with van der Waals surface area (Å²) in [6.45, 7) is 0.417. The Kier molecular flexibility index (Phi) is 6.49. The number of carbonyl (C=O) groups excluding carboxylic acids is 1. The Morgan fingerprint density at radius 3 is 2.82 bits per heavy atom. The maximum Gasteiger partial charge on any atom is 0.180 e. The van der Waals surface area contributed by atoms with Crippen LogP contribution >= 0.6 is 0 Å². The third-order valence-corrected chi connectivity index (χ3v) is 6.25. The predicted molar refractivity (Wildman–Crippen MR) is 128 cm³/mol. The zero-order chi connectivity index (χ0) is 23.5. The molecule has 0 spiro atoms. The van der Waals surface area contributed by atoms with Crippen LogP contribution in [0.1, 0.15) is 47.7 Å². The lowest BCUT2D eigenvalue weighted by molar-refractivity contribution is -0.117. The number of hydrogen-bond donors (Lipinski definition) is 1. The number of hydrogen-bond acceptors (Lipinski definition) is 8. The van der Waals surface area contributed by atoms with E-state index in [0.29, 0.717) is 29.6 Å². The van der Waals surface area contributed by atoms with Gasteiger partial charge in [-0.25, -0.2) is 9.97 Å². The van der Waals surface area contributed by atoms with Crippen molar-refractivity contribution in [2.75, 3.05) is 31.7 Å². The van der Waals surface area contributed by atoms with Crippen molar-refractivity contribution < 1.29 is 14.6 Å². The number of pyridine rings is 2. The minimum atomic E-state index is -0.0588. The molecule has 0 radical (unpaired) electrons. The maximum absolute atomic E-state index is 12.9. The van der Waals surface area contributed by atoms with E-state index in [0.717, 1.165) is 47.6 Å². The van der Waals surface area contributed by atoms with Crippen LogP contribution in [0.4, 0.5) is 5.82 Å². The molecule has 5 rings (SSSR count). The molecule has 3 aromatic heterocycles. The third kappa shape index (κ3) is 5.07. The molecule has 0 unspecified atom stereocenters. The number of anilines is 1. The van der Waals surface area contributed by atoms with Crippen molar-refractivity contribution >= 4 is 11.6 Å². The Bertz CT molecular complexity index is 1180. The van der Waals surface area contributed by atoms with Gasteiger partial charge < -0.3 is 14.7 Å². The van der Waals surface area contributed by atoms with Crippen LogP contribution in [0.15, 0.2) is 36.7 Å². The lowest BCUT2D eigenvalue weighted by Gasteiger charge is -2.21. The Morgan fingerprint density at radius 2 is 2.06 bits per heavy atom. The molecule has 34 heavy (non-hydrogen) atoms. The molecule has 1 N–H and O–H groups in total. The number of fused-ring (bicyclic) bond motifs is 1. The highest BCUT2D eigenvalue weighted by Gasteiger charge is 2.25. The van der Waals surface area contributed by atoms with E-state index >= 15 is 0 Å². The van der Waals surface area contributed by atoms with Crippen LogP contribution in [0.25, 0.3) is 11.5 Å². The highest BCUT2D eigenvalue weighted by atomic mass is 16.5. The molecule has 0 aromatic carbocycles. The van der Waals surface area contributed by atoms with Crippen molar-refractivity contribution in [2.45, 2.75) is 44.4 Å². The van der Waals surface area contributed by atoms with Gasteiger partial charge in [0.05, 0.1) is 13.2 Å². The van der Waals surface area contributed by atoms with E-state index in [4.69, 9.17) is 19.8 Å². The highest BCUT2D eigenvalue weighted by Crippen LogP contribution is 2.38. The van der Waals surface area contributed by atoms with Crippen LogP contribution in [0, 0.1) is 0 Å². The van der Waals surface area contributed by atoms with E-state index in [1.54, 1.807) is 18.3 Å². The monoisotopic (exact) mass is 459 g/mol. The quantitative estimate of drug-likeness (QED) is 0.494. The number of rotatable bonds is 10. The molecule has 1 saturated carbocycles. The zero-order valence-electron chi connectivity index (χ0n) is 19.4. The molecule has 3 aromatic rings. The van der Waals surface area contributed by atoms with Gasteiger partial charge in [-0.1, -0.05) is 6.07 Å². The second-order valence-electron chi connectivity index (χ2n) is 9.04. The summed E-state index contributed by atoms with van der Waals surface area (Å²) in [5.74, 6) is 2.64. The fourth-order valence-electron chi connectivity index (χ4n) is 4.41. The molecule has 3 heterocycles. The Hall–Kier alpha value is -3.39. The number of aromatic nitrogens is 4. The first-order chi connectivity index (χ1) is 16.6. The number of aliphatic hydroxyl groups excluding tert-OH is 1. The summed E-state index contributed by atoms with van der Waals surface area (Å²) in [6.07, 6.45) is 9.09. The summed E-state index contributed by atoms with van der Waals surface area (Å²) in [5, 5.41) is 9.02. The molecule has 0 bridgehead atoms. The second kappa shape index (κ2) is 9.85. The Morgan fingerprint density at radius 1 is 1.18 bits per heavy atom. The lowest BCUT2D eigenvalue weighted by atomic mass is 10.1. The van der Waals surface area contributed by atoms with Crippen molar-refractivity contribution in [3.05, 3.63) is 59.2 Å². The van der Waals surface area contributed by atoms with Gasteiger partial charge in [0.2, 0.25) is 0 Å². The minimum absolute atomic E-state index is 0.0588. The molecule has 0 atom stereocenters. The molecule has 0 aliphatic heterocycles. The molecule has 0 saturated heterocycles. The molecule has 8 nitrogen and oxygen atoms in total. The first-order valence-electron chi connectivity index (χ1n) is 11.9. The minimum Gasteiger partial charge on any atom is -0.491 e. The van der Waals surface area contributed by atoms with Gasteiger partial charge in [0.1, 0.15) is 23.9 Å². The van der Waals surface area contributed by atoms with Crippen LogP contribution in [0.2, 0.25) is 0 Å². The van der Waals surface area contributed by atoms with Gasteiger partial charge >= 0.3 is 0 Å². The molecule has 0 amide bonds. The largest absolute Gasteiger partial charge is 0.491 e. The average molecular weight is 460 g/mol. The normalized spacial score (nSPS) is 14.6. The van der Waals surface area contributed by atoms with Crippen LogP contribution in [-0.4, -0.2) is 57.6 Å². The van der Waals surface area contributed by atoms with Gasteiger partial charge in [0.15, 0.2) is 11.6 Å². The van der Waals surface area contributed by atoms with E-state index in [1.165, 1.54) is 12.8 Å². The van der Waals surface area contributed by atoms with Gasteiger partial charge in [-0.3, -0.25) is 14.8 Å². The Labute approximate surface area is 199 Å². The summed E-state index contributed by atoms with van der Waals surface area (Å²) in [6, 6.07) is 7.60. The van der Waals surface area contributed by atoms with Crippen molar-refractivity contribution in [3.8, 4) is 17.3 Å². The van der Waals surface area contributed by atoms with E-state index in [2.05, 4.69) is 16.0 Å². The van der Waals surface area contributed by atoms with Crippen molar-refractivity contribution in [3.63, 3.8) is 0 Å². The van der Waals surface area contributed by atoms with Crippen LogP contribution in [0.5, 0.6) is 5.75 Å². The summed E-state index contributed by atoms with van der Waals surface area (Å²) in [5.41, 5.74) is 4.81. The summed E-state index contributed by atoms with van der Waals surface area (Å²) < 4.78 is 5.51.